The molecule has 0 spiro atoms. The van der Waals surface area contributed by atoms with E-state index in [0.29, 0.717) is 37.2 Å². The quantitative estimate of drug-likeness (QED) is 0.745. The third-order valence-corrected chi connectivity index (χ3v) is 8.58. The van der Waals surface area contributed by atoms with Crippen molar-refractivity contribution in [2.45, 2.75) is 37.0 Å². The van der Waals surface area contributed by atoms with E-state index in [0.717, 1.165) is 25.4 Å². The highest BCUT2D eigenvalue weighted by atomic mass is 35.5. The maximum Gasteiger partial charge on any atom is 0.255 e. The average Bonchev–Trinajstić information content (AvgIpc) is 2.73. The number of sulfonamides is 1. The summed E-state index contributed by atoms with van der Waals surface area (Å²) in [6, 6.07) is 4.45. The van der Waals surface area contributed by atoms with Crippen LogP contribution < -0.4 is 0 Å². The van der Waals surface area contributed by atoms with Gasteiger partial charge in [0.15, 0.2) is 0 Å². The SMILES string of the molecule is O=C(c1cc(S(=O)(=O)N2CCOCC2)ccc1Cl)N1CC[C@@H]2CCCC[C@H]2C1. The molecule has 1 amide bonds. The van der Waals surface area contributed by atoms with Crippen LogP contribution in [0.5, 0.6) is 0 Å². The van der Waals surface area contributed by atoms with Gasteiger partial charge in [0.2, 0.25) is 10.0 Å². The molecular formula is C20H27ClN2O4S. The number of piperidine rings is 1. The van der Waals surface area contributed by atoms with E-state index >= 15 is 0 Å². The number of nitrogens with zero attached hydrogens (tertiary/aromatic N) is 2. The zero-order valence-corrected chi connectivity index (χ0v) is 17.6. The van der Waals surface area contributed by atoms with Crippen LogP contribution in [0.25, 0.3) is 0 Å². The highest BCUT2D eigenvalue weighted by Gasteiger charge is 2.34. The third-order valence-electron chi connectivity index (χ3n) is 6.35. The van der Waals surface area contributed by atoms with Crippen molar-refractivity contribution < 1.29 is 17.9 Å². The van der Waals surface area contributed by atoms with E-state index in [1.165, 1.54) is 48.2 Å². The molecular weight excluding hydrogens is 400 g/mol. The van der Waals surface area contributed by atoms with Crippen LogP contribution in [0.3, 0.4) is 0 Å². The number of hydrogen-bond acceptors (Lipinski definition) is 4. The van der Waals surface area contributed by atoms with E-state index in [9.17, 15) is 13.2 Å². The smallest absolute Gasteiger partial charge is 0.255 e. The third kappa shape index (κ3) is 3.95. The average molecular weight is 427 g/mol. The molecule has 1 aromatic carbocycles. The van der Waals surface area contributed by atoms with Crippen molar-refractivity contribution in [2.75, 3.05) is 39.4 Å². The Morgan fingerprint density at radius 3 is 2.50 bits per heavy atom. The van der Waals surface area contributed by atoms with Crippen molar-refractivity contribution in [3.63, 3.8) is 0 Å². The first-order valence-corrected chi connectivity index (χ1v) is 12.0. The van der Waals surface area contributed by atoms with Crippen LogP contribution >= 0.6 is 11.6 Å². The topological polar surface area (TPSA) is 66.9 Å². The van der Waals surface area contributed by atoms with Gasteiger partial charge in [-0.25, -0.2) is 8.42 Å². The monoisotopic (exact) mass is 426 g/mol. The van der Waals surface area contributed by atoms with E-state index < -0.39 is 10.0 Å². The number of likely N-dealkylation sites (tertiary alicyclic amines) is 1. The van der Waals surface area contributed by atoms with Gasteiger partial charge in [-0.15, -0.1) is 0 Å². The summed E-state index contributed by atoms with van der Waals surface area (Å²) in [5.41, 5.74) is 0.283. The number of carbonyl (C=O) groups excluding carboxylic acids is 1. The minimum absolute atomic E-state index is 0.120. The number of amides is 1. The molecule has 1 aromatic rings. The van der Waals surface area contributed by atoms with Gasteiger partial charge < -0.3 is 9.64 Å². The summed E-state index contributed by atoms with van der Waals surface area (Å²) in [6.45, 7) is 2.88. The van der Waals surface area contributed by atoms with Gasteiger partial charge in [-0.2, -0.15) is 4.31 Å². The molecule has 2 heterocycles. The van der Waals surface area contributed by atoms with Gasteiger partial charge >= 0.3 is 0 Å². The Morgan fingerprint density at radius 2 is 1.75 bits per heavy atom. The first kappa shape index (κ1) is 20.1. The Labute approximate surface area is 171 Å². The van der Waals surface area contributed by atoms with E-state index in [1.54, 1.807) is 0 Å². The molecule has 6 nitrogen and oxygen atoms in total. The zero-order chi connectivity index (χ0) is 19.7. The van der Waals surface area contributed by atoms with Crippen molar-refractivity contribution in [3.8, 4) is 0 Å². The fourth-order valence-electron chi connectivity index (χ4n) is 4.72. The number of rotatable bonds is 3. The summed E-state index contributed by atoms with van der Waals surface area (Å²) in [5.74, 6) is 1.12. The molecule has 4 rings (SSSR count). The van der Waals surface area contributed by atoms with Crippen LogP contribution in [0.4, 0.5) is 0 Å². The predicted molar refractivity (Wildman–Crippen MR) is 107 cm³/mol. The van der Waals surface area contributed by atoms with Gasteiger partial charge in [0, 0.05) is 26.2 Å². The second kappa shape index (κ2) is 8.30. The van der Waals surface area contributed by atoms with Gasteiger partial charge in [0.25, 0.3) is 5.91 Å². The molecule has 0 bridgehead atoms. The number of fused-ring (bicyclic) bond motifs is 1. The summed E-state index contributed by atoms with van der Waals surface area (Å²) in [6.07, 6.45) is 5.99. The maximum absolute atomic E-state index is 13.2. The fourth-order valence-corrected chi connectivity index (χ4v) is 6.35. The van der Waals surface area contributed by atoms with Crippen molar-refractivity contribution >= 4 is 27.5 Å². The van der Waals surface area contributed by atoms with Crippen LogP contribution in [0.1, 0.15) is 42.5 Å². The molecule has 0 aromatic heterocycles. The molecule has 0 radical (unpaired) electrons. The maximum atomic E-state index is 13.2. The first-order chi connectivity index (χ1) is 13.5. The number of morpholine rings is 1. The highest BCUT2D eigenvalue weighted by Crippen LogP contribution is 2.37. The van der Waals surface area contributed by atoms with Crippen LogP contribution in [-0.4, -0.2) is 62.9 Å². The minimum Gasteiger partial charge on any atom is -0.379 e. The lowest BCUT2D eigenvalue weighted by Crippen LogP contribution is -2.45. The molecule has 28 heavy (non-hydrogen) atoms. The van der Waals surface area contributed by atoms with Crippen LogP contribution in [0.2, 0.25) is 5.02 Å². The summed E-state index contributed by atoms with van der Waals surface area (Å²) < 4.78 is 32.5. The first-order valence-electron chi connectivity index (χ1n) is 10.1. The van der Waals surface area contributed by atoms with Gasteiger partial charge in [-0.3, -0.25) is 4.79 Å². The molecule has 8 heteroatoms. The Hall–Kier alpha value is -1.15. The summed E-state index contributed by atoms with van der Waals surface area (Å²) in [7, 11) is -3.66. The normalized spacial score (nSPS) is 26.7. The Kier molecular flexibility index (Phi) is 5.97. The highest BCUT2D eigenvalue weighted by molar-refractivity contribution is 7.89. The molecule has 154 valence electrons. The van der Waals surface area contributed by atoms with Gasteiger partial charge in [0.1, 0.15) is 0 Å². The lowest BCUT2D eigenvalue weighted by atomic mass is 9.75. The summed E-state index contributed by atoms with van der Waals surface area (Å²) >= 11 is 6.31. The summed E-state index contributed by atoms with van der Waals surface area (Å²) in [5, 5.41) is 0.302. The molecule has 2 saturated heterocycles. The largest absolute Gasteiger partial charge is 0.379 e. The van der Waals surface area contributed by atoms with Crippen molar-refractivity contribution in [3.05, 3.63) is 28.8 Å². The predicted octanol–water partition coefficient (Wildman–Crippen LogP) is 3.01. The van der Waals surface area contributed by atoms with Crippen LogP contribution in [0, 0.1) is 11.8 Å². The van der Waals surface area contributed by atoms with E-state index in [1.807, 2.05) is 4.90 Å². The number of ether oxygens (including phenoxy) is 1. The Balaban J connectivity index is 1.56. The van der Waals surface area contributed by atoms with E-state index in [-0.39, 0.29) is 16.4 Å². The number of halogens is 1. The molecule has 3 fully saturated rings. The van der Waals surface area contributed by atoms with Gasteiger partial charge in [-0.1, -0.05) is 30.9 Å². The molecule has 2 atom stereocenters. The van der Waals surface area contributed by atoms with Gasteiger partial charge in [0.05, 0.1) is 28.7 Å². The molecule has 1 saturated carbocycles. The lowest BCUT2D eigenvalue weighted by Gasteiger charge is -2.41. The molecule has 3 aliphatic rings. The van der Waals surface area contributed by atoms with Crippen LogP contribution in [0.15, 0.2) is 23.1 Å². The lowest BCUT2D eigenvalue weighted by molar-refractivity contribution is 0.0520. The number of benzene rings is 1. The van der Waals surface area contributed by atoms with Crippen molar-refractivity contribution in [1.29, 1.82) is 0 Å². The van der Waals surface area contributed by atoms with E-state index in [2.05, 4.69) is 0 Å². The number of carbonyl (C=O) groups is 1. The molecule has 0 N–H and O–H groups in total. The van der Waals surface area contributed by atoms with Crippen LogP contribution in [-0.2, 0) is 14.8 Å². The van der Waals surface area contributed by atoms with Crippen molar-refractivity contribution in [1.82, 2.24) is 9.21 Å². The van der Waals surface area contributed by atoms with Crippen molar-refractivity contribution in [2.24, 2.45) is 11.8 Å². The second-order valence-corrected chi connectivity index (χ2v) is 10.3. The molecule has 0 unspecified atom stereocenters. The number of hydrogen-bond donors (Lipinski definition) is 0. The Morgan fingerprint density at radius 1 is 1.04 bits per heavy atom. The standard InChI is InChI=1S/C20H27ClN2O4S/c21-19-6-5-17(28(25,26)23-9-11-27-12-10-23)13-18(19)20(24)22-8-7-15-3-1-2-4-16(15)14-22/h5-6,13,15-16H,1-4,7-12,14H2/t15-,16-/m0/s1. The minimum atomic E-state index is -3.66. The molecule has 2 aliphatic heterocycles. The molecule has 1 aliphatic carbocycles. The second-order valence-electron chi connectivity index (χ2n) is 8.00. The van der Waals surface area contributed by atoms with E-state index in [4.69, 9.17) is 16.3 Å². The zero-order valence-electron chi connectivity index (χ0n) is 16.0. The Bertz CT molecular complexity index is 839. The van der Waals surface area contributed by atoms with Gasteiger partial charge in [-0.05, 0) is 42.9 Å². The fraction of sp³-hybridized carbons (Fsp3) is 0.650. The summed E-state index contributed by atoms with van der Waals surface area (Å²) in [4.78, 5) is 15.1.